The lowest BCUT2D eigenvalue weighted by Crippen LogP contribution is -2.23. The largest absolute Gasteiger partial charge is 0.454 e. The molecule has 2 nitrogen and oxygen atoms in total. The van der Waals surface area contributed by atoms with Crippen molar-refractivity contribution in [3.8, 4) is 0 Å². The smallest absolute Gasteiger partial charge is 0.399 e. The summed E-state index contributed by atoms with van der Waals surface area (Å²) in [4.78, 5) is 11.6. The van der Waals surface area contributed by atoms with E-state index in [1.807, 2.05) is 0 Å². The lowest BCUT2D eigenvalue weighted by atomic mass is 9.98. The molecule has 5 heteroatoms. The molecule has 0 amide bonds. The van der Waals surface area contributed by atoms with Crippen molar-refractivity contribution in [2.24, 2.45) is 0 Å². The topological polar surface area (TPSA) is 43.1 Å². The van der Waals surface area contributed by atoms with Crippen molar-refractivity contribution >= 4 is 23.1 Å². The molecule has 0 aliphatic heterocycles. The standard InChI is InChI=1S/C16H12F3NO/c17-16(18,19)15(21)14(12-4-2-1-3-5-12)10-11-6-8-13(20)9-7-11/h1-10H,20H2. The highest BCUT2D eigenvalue weighted by Gasteiger charge is 2.40. The molecular weight excluding hydrogens is 279 g/mol. The molecule has 0 aliphatic carbocycles. The second kappa shape index (κ2) is 5.83. The highest BCUT2D eigenvalue weighted by molar-refractivity contribution is 6.27. The van der Waals surface area contributed by atoms with Crippen molar-refractivity contribution in [2.45, 2.75) is 6.18 Å². The number of halogens is 3. The van der Waals surface area contributed by atoms with Gasteiger partial charge in [0.1, 0.15) is 0 Å². The maximum atomic E-state index is 12.7. The van der Waals surface area contributed by atoms with Crippen LogP contribution in [0.5, 0.6) is 0 Å². The Morgan fingerprint density at radius 3 is 2.05 bits per heavy atom. The molecule has 2 aromatic rings. The predicted molar refractivity (Wildman–Crippen MR) is 76.2 cm³/mol. The Morgan fingerprint density at radius 1 is 0.952 bits per heavy atom. The van der Waals surface area contributed by atoms with Crippen LogP contribution in [0.25, 0.3) is 11.6 Å². The number of allylic oxidation sites excluding steroid dienone is 1. The first-order valence-corrected chi connectivity index (χ1v) is 6.12. The van der Waals surface area contributed by atoms with Crippen molar-refractivity contribution in [3.05, 3.63) is 65.7 Å². The van der Waals surface area contributed by atoms with Crippen LogP contribution in [-0.2, 0) is 4.79 Å². The average molecular weight is 291 g/mol. The van der Waals surface area contributed by atoms with Crippen LogP contribution in [0.1, 0.15) is 11.1 Å². The van der Waals surface area contributed by atoms with Gasteiger partial charge in [0.2, 0.25) is 0 Å². The molecule has 0 unspecified atom stereocenters. The highest BCUT2D eigenvalue weighted by Crippen LogP contribution is 2.28. The van der Waals surface area contributed by atoms with Crippen molar-refractivity contribution in [1.29, 1.82) is 0 Å². The van der Waals surface area contributed by atoms with Crippen LogP contribution >= 0.6 is 0 Å². The number of ketones is 1. The number of nitrogen functional groups attached to an aromatic ring is 1. The molecule has 0 spiro atoms. The summed E-state index contributed by atoms with van der Waals surface area (Å²) in [5.74, 6) is -1.87. The van der Waals surface area contributed by atoms with Gasteiger partial charge in [0.05, 0.1) is 0 Å². The Labute approximate surface area is 119 Å². The number of rotatable bonds is 3. The molecule has 0 aromatic heterocycles. The molecule has 0 aliphatic rings. The fourth-order valence-corrected chi connectivity index (χ4v) is 1.81. The Hall–Kier alpha value is -2.56. The highest BCUT2D eigenvalue weighted by atomic mass is 19.4. The van der Waals surface area contributed by atoms with E-state index >= 15 is 0 Å². The summed E-state index contributed by atoms with van der Waals surface area (Å²) in [5.41, 5.74) is 6.32. The predicted octanol–water partition coefficient (Wildman–Crippen LogP) is 3.94. The van der Waals surface area contributed by atoms with Gasteiger partial charge in [-0.05, 0) is 29.3 Å². The van der Waals surface area contributed by atoms with Crippen LogP contribution in [0, 0.1) is 0 Å². The number of hydrogen-bond acceptors (Lipinski definition) is 2. The Balaban J connectivity index is 2.51. The Kier molecular flexibility index (Phi) is 4.12. The molecule has 2 rings (SSSR count). The van der Waals surface area contributed by atoms with E-state index in [4.69, 9.17) is 5.73 Å². The van der Waals surface area contributed by atoms with Gasteiger partial charge in [-0.3, -0.25) is 4.79 Å². The van der Waals surface area contributed by atoms with E-state index in [1.165, 1.54) is 18.2 Å². The number of carbonyl (C=O) groups excluding carboxylic acids is 1. The van der Waals surface area contributed by atoms with E-state index < -0.39 is 17.5 Å². The molecule has 21 heavy (non-hydrogen) atoms. The zero-order chi connectivity index (χ0) is 15.5. The molecule has 0 atom stereocenters. The first kappa shape index (κ1) is 14.8. The monoisotopic (exact) mass is 291 g/mol. The van der Waals surface area contributed by atoms with E-state index in [9.17, 15) is 18.0 Å². The van der Waals surface area contributed by atoms with Crippen LogP contribution < -0.4 is 5.73 Å². The third kappa shape index (κ3) is 3.72. The van der Waals surface area contributed by atoms with Gasteiger partial charge in [-0.15, -0.1) is 0 Å². The summed E-state index contributed by atoms with van der Waals surface area (Å²) in [6, 6.07) is 14.0. The zero-order valence-corrected chi connectivity index (χ0v) is 10.9. The minimum Gasteiger partial charge on any atom is -0.399 e. The number of Topliss-reactive ketones (excluding diaryl/α,β-unsaturated/α-hetero) is 1. The molecule has 2 N–H and O–H groups in total. The van der Waals surface area contributed by atoms with E-state index in [0.717, 1.165) is 0 Å². The molecular formula is C16H12F3NO. The maximum absolute atomic E-state index is 12.7. The van der Waals surface area contributed by atoms with Gasteiger partial charge >= 0.3 is 6.18 Å². The molecule has 0 heterocycles. The lowest BCUT2D eigenvalue weighted by molar-refractivity contribution is -0.164. The summed E-state index contributed by atoms with van der Waals surface area (Å²) < 4.78 is 38.2. The molecule has 2 aromatic carbocycles. The fourth-order valence-electron chi connectivity index (χ4n) is 1.81. The van der Waals surface area contributed by atoms with E-state index in [-0.39, 0.29) is 5.56 Å². The van der Waals surface area contributed by atoms with E-state index in [1.54, 1.807) is 42.5 Å². The SMILES string of the molecule is Nc1ccc(C=C(C(=O)C(F)(F)F)c2ccccc2)cc1. The minimum atomic E-state index is -4.92. The van der Waals surface area contributed by atoms with Gasteiger partial charge in [0.15, 0.2) is 0 Å². The second-order valence-electron chi connectivity index (χ2n) is 4.42. The third-order valence-electron chi connectivity index (χ3n) is 2.83. The van der Waals surface area contributed by atoms with E-state index in [0.29, 0.717) is 11.3 Å². The fraction of sp³-hybridized carbons (Fsp3) is 0.0625. The molecule has 108 valence electrons. The number of anilines is 1. The van der Waals surface area contributed by atoms with Gasteiger partial charge in [0, 0.05) is 11.3 Å². The Bertz CT molecular complexity index is 658. The van der Waals surface area contributed by atoms with Crippen LogP contribution in [-0.4, -0.2) is 12.0 Å². The minimum absolute atomic E-state index is 0.219. The molecule has 0 radical (unpaired) electrons. The van der Waals surface area contributed by atoms with E-state index in [2.05, 4.69) is 0 Å². The number of hydrogen-bond donors (Lipinski definition) is 1. The van der Waals surface area contributed by atoms with Gasteiger partial charge < -0.3 is 5.73 Å². The molecule has 0 saturated carbocycles. The molecule has 0 bridgehead atoms. The van der Waals surface area contributed by atoms with Crippen LogP contribution in [0.15, 0.2) is 54.6 Å². The second-order valence-corrected chi connectivity index (χ2v) is 4.42. The average Bonchev–Trinajstić information content (AvgIpc) is 2.46. The number of alkyl halides is 3. The van der Waals surface area contributed by atoms with Gasteiger partial charge in [-0.1, -0.05) is 42.5 Å². The molecule has 0 saturated heterocycles. The van der Waals surface area contributed by atoms with Crippen molar-refractivity contribution in [2.75, 3.05) is 5.73 Å². The van der Waals surface area contributed by atoms with Crippen molar-refractivity contribution in [3.63, 3.8) is 0 Å². The number of benzene rings is 2. The van der Waals surface area contributed by atoms with Crippen molar-refractivity contribution in [1.82, 2.24) is 0 Å². The van der Waals surface area contributed by atoms with Crippen molar-refractivity contribution < 1.29 is 18.0 Å². The summed E-state index contributed by atoms with van der Waals surface area (Å²) in [6.07, 6.45) is -3.71. The zero-order valence-electron chi connectivity index (χ0n) is 10.9. The van der Waals surface area contributed by atoms with Crippen LogP contribution in [0.4, 0.5) is 18.9 Å². The first-order chi connectivity index (χ1) is 9.88. The Morgan fingerprint density at radius 2 is 1.52 bits per heavy atom. The summed E-state index contributed by atoms with van der Waals surface area (Å²) in [7, 11) is 0. The first-order valence-electron chi connectivity index (χ1n) is 6.12. The van der Waals surface area contributed by atoms with Gasteiger partial charge in [-0.2, -0.15) is 13.2 Å². The van der Waals surface area contributed by atoms with Gasteiger partial charge in [0.25, 0.3) is 5.78 Å². The summed E-state index contributed by atoms with van der Waals surface area (Å²) in [6.45, 7) is 0. The summed E-state index contributed by atoms with van der Waals surface area (Å²) >= 11 is 0. The third-order valence-corrected chi connectivity index (χ3v) is 2.83. The van der Waals surface area contributed by atoms with Crippen LogP contribution in [0.3, 0.4) is 0 Å². The summed E-state index contributed by atoms with van der Waals surface area (Å²) in [5, 5.41) is 0. The number of nitrogens with two attached hydrogens (primary N) is 1. The van der Waals surface area contributed by atoms with Gasteiger partial charge in [-0.25, -0.2) is 0 Å². The number of carbonyl (C=O) groups is 1. The van der Waals surface area contributed by atoms with Crippen LogP contribution in [0.2, 0.25) is 0 Å². The quantitative estimate of drug-likeness (QED) is 0.529. The normalized spacial score (nSPS) is 12.2. The lowest BCUT2D eigenvalue weighted by Gasteiger charge is -2.10. The molecule has 0 fully saturated rings. The maximum Gasteiger partial charge on any atom is 0.454 e.